The van der Waals surface area contributed by atoms with E-state index in [1.165, 1.54) is 47.9 Å². The molecule has 0 bridgehead atoms. The molecule has 1 aromatic carbocycles. The molecule has 3 rings (SSSR count). The van der Waals surface area contributed by atoms with Gasteiger partial charge in [-0.1, -0.05) is 12.1 Å². The van der Waals surface area contributed by atoms with Crippen LogP contribution in [0.3, 0.4) is 0 Å². The molecule has 30 heavy (non-hydrogen) atoms. The van der Waals surface area contributed by atoms with Gasteiger partial charge in [0.2, 0.25) is 0 Å². The number of hydrogen-bond donors (Lipinski definition) is 0. The molecule has 0 unspecified atom stereocenters. The van der Waals surface area contributed by atoms with Gasteiger partial charge in [0, 0.05) is 18.3 Å². The molecular weight excluding hydrogens is 398 g/mol. The van der Waals surface area contributed by atoms with E-state index in [1.807, 2.05) is 13.0 Å². The van der Waals surface area contributed by atoms with E-state index in [0.29, 0.717) is 16.9 Å². The van der Waals surface area contributed by atoms with Crippen LogP contribution < -0.4 is 15.0 Å². The largest absolute Gasteiger partial charge is 0.493 e. The van der Waals surface area contributed by atoms with Gasteiger partial charge in [-0.05, 0) is 42.3 Å². The number of aryl methyl sites for hydroxylation is 1. The first kappa shape index (κ1) is 21.0. The van der Waals surface area contributed by atoms with Crippen molar-refractivity contribution >= 4 is 17.7 Å². The fraction of sp³-hybridized carbons (Fsp3) is 0.190. The van der Waals surface area contributed by atoms with Crippen molar-refractivity contribution in [2.75, 3.05) is 7.11 Å². The van der Waals surface area contributed by atoms with E-state index in [1.54, 1.807) is 12.3 Å². The van der Waals surface area contributed by atoms with Gasteiger partial charge >= 0.3 is 12.6 Å². The molecule has 0 saturated carbocycles. The molecule has 0 aliphatic rings. The molecule has 0 amide bonds. The van der Waals surface area contributed by atoms with Crippen molar-refractivity contribution in [1.29, 1.82) is 0 Å². The average Bonchev–Trinajstić information content (AvgIpc) is 2.71. The van der Waals surface area contributed by atoms with Crippen LogP contribution in [0.25, 0.3) is 11.7 Å². The number of carbonyl (C=O) groups excluding carboxylic acids is 1. The number of esters is 1. The number of pyridine rings is 1. The van der Waals surface area contributed by atoms with Crippen molar-refractivity contribution in [3.63, 3.8) is 0 Å². The first-order valence-corrected chi connectivity index (χ1v) is 8.82. The number of carbonyl (C=O) groups is 1. The number of fused-ring (bicyclic) bond motifs is 1. The van der Waals surface area contributed by atoms with E-state index in [0.717, 1.165) is 5.56 Å². The van der Waals surface area contributed by atoms with Gasteiger partial charge < -0.3 is 14.2 Å². The molecule has 2 aromatic heterocycles. The molecule has 0 atom stereocenters. The first-order chi connectivity index (χ1) is 14.4. The van der Waals surface area contributed by atoms with Crippen LogP contribution in [-0.2, 0) is 16.1 Å². The van der Waals surface area contributed by atoms with Crippen LogP contribution >= 0.6 is 0 Å². The monoisotopic (exact) mass is 416 g/mol. The zero-order valence-corrected chi connectivity index (χ0v) is 16.2. The number of benzene rings is 1. The predicted molar refractivity (Wildman–Crippen MR) is 105 cm³/mol. The normalized spacial score (nSPS) is 11.2. The fourth-order valence-corrected chi connectivity index (χ4v) is 2.67. The van der Waals surface area contributed by atoms with E-state index >= 15 is 0 Å². The Morgan fingerprint density at radius 3 is 2.73 bits per heavy atom. The van der Waals surface area contributed by atoms with Crippen molar-refractivity contribution in [2.45, 2.75) is 20.1 Å². The van der Waals surface area contributed by atoms with Crippen LogP contribution in [-0.4, -0.2) is 29.1 Å². The Hall–Kier alpha value is -3.75. The average molecular weight is 416 g/mol. The highest BCUT2D eigenvalue weighted by Crippen LogP contribution is 2.29. The van der Waals surface area contributed by atoms with Crippen molar-refractivity contribution in [3.8, 4) is 11.5 Å². The van der Waals surface area contributed by atoms with Crippen LogP contribution in [0.15, 0.2) is 53.5 Å². The number of nitrogens with zero attached hydrogens (tertiary/aromatic N) is 2. The Labute approximate surface area is 170 Å². The number of hydrogen-bond acceptors (Lipinski definition) is 6. The summed E-state index contributed by atoms with van der Waals surface area (Å²) in [5.74, 6) is -0.675. The highest BCUT2D eigenvalue weighted by molar-refractivity contribution is 5.87. The molecule has 7 nitrogen and oxygen atoms in total. The van der Waals surface area contributed by atoms with Crippen molar-refractivity contribution in [2.24, 2.45) is 0 Å². The van der Waals surface area contributed by atoms with E-state index in [9.17, 15) is 18.4 Å². The highest BCUT2D eigenvalue weighted by atomic mass is 19.3. The predicted octanol–water partition coefficient (Wildman–Crippen LogP) is 3.37. The minimum atomic E-state index is -2.98. The first-order valence-electron chi connectivity index (χ1n) is 8.82. The second-order valence-corrected chi connectivity index (χ2v) is 6.25. The SMILES string of the molecule is COc1cc(/C=C/C(=O)OCc2cc(=O)n3cc(C)ccc3n2)ccc1OC(F)F. The molecule has 3 aromatic rings. The summed E-state index contributed by atoms with van der Waals surface area (Å²) in [4.78, 5) is 28.4. The maximum absolute atomic E-state index is 12.4. The van der Waals surface area contributed by atoms with Gasteiger partial charge in [0.15, 0.2) is 11.5 Å². The lowest BCUT2D eigenvalue weighted by atomic mass is 10.2. The zero-order valence-electron chi connectivity index (χ0n) is 16.2. The second-order valence-electron chi connectivity index (χ2n) is 6.25. The van der Waals surface area contributed by atoms with E-state index in [-0.39, 0.29) is 23.7 Å². The number of rotatable bonds is 7. The fourth-order valence-electron chi connectivity index (χ4n) is 2.67. The Kier molecular flexibility index (Phi) is 6.41. The van der Waals surface area contributed by atoms with Gasteiger partial charge in [0.25, 0.3) is 5.56 Å². The van der Waals surface area contributed by atoms with Crippen molar-refractivity contribution in [3.05, 3.63) is 75.8 Å². The highest BCUT2D eigenvalue weighted by Gasteiger charge is 2.11. The Morgan fingerprint density at radius 2 is 2.00 bits per heavy atom. The second kappa shape index (κ2) is 9.17. The molecule has 2 heterocycles. The van der Waals surface area contributed by atoms with Crippen molar-refractivity contribution in [1.82, 2.24) is 9.38 Å². The van der Waals surface area contributed by atoms with Gasteiger partial charge in [-0.25, -0.2) is 9.78 Å². The minimum absolute atomic E-state index is 0.0990. The topological polar surface area (TPSA) is 79.1 Å². The third kappa shape index (κ3) is 5.19. The third-order valence-corrected chi connectivity index (χ3v) is 4.04. The van der Waals surface area contributed by atoms with Crippen LogP contribution in [0.2, 0.25) is 0 Å². The summed E-state index contributed by atoms with van der Waals surface area (Å²) in [6.45, 7) is -1.29. The third-order valence-electron chi connectivity index (χ3n) is 4.04. The number of aromatic nitrogens is 2. The summed E-state index contributed by atoms with van der Waals surface area (Å²) < 4.78 is 40.6. The Balaban J connectivity index is 1.66. The van der Waals surface area contributed by atoms with Crippen molar-refractivity contribution < 1.29 is 27.8 Å². The van der Waals surface area contributed by atoms with Gasteiger partial charge in [0.1, 0.15) is 12.3 Å². The lowest BCUT2D eigenvalue weighted by molar-refractivity contribution is -0.139. The van der Waals surface area contributed by atoms with E-state index in [2.05, 4.69) is 9.72 Å². The molecule has 0 radical (unpaired) electrons. The molecule has 156 valence electrons. The summed E-state index contributed by atoms with van der Waals surface area (Å²) in [6, 6.07) is 9.07. The molecule has 0 aliphatic heterocycles. The maximum Gasteiger partial charge on any atom is 0.387 e. The molecule has 0 N–H and O–H groups in total. The van der Waals surface area contributed by atoms with Crippen LogP contribution in [0.5, 0.6) is 11.5 Å². The zero-order chi connectivity index (χ0) is 21.7. The van der Waals surface area contributed by atoms with Gasteiger partial charge in [-0.15, -0.1) is 0 Å². The molecule has 0 saturated heterocycles. The molecule has 0 fully saturated rings. The maximum atomic E-state index is 12.4. The van der Waals surface area contributed by atoms with Gasteiger partial charge in [-0.2, -0.15) is 8.78 Å². The number of halogens is 2. The number of methoxy groups -OCH3 is 1. The smallest absolute Gasteiger partial charge is 0.387 e. The minimum Gasteiger partial charge on any atom is -0.493 e. The van der Waals surface area contributed by atoms with Gasteiger partial charge in [0.05, 0.1) is 12.8 Å². The molecule has 0 aliphatic carbocycles. The lowest BCUT2D eigenvalue weighted by Gasteiger charge is -2.10. The van der Waals surface area contributed by atoms with E-state index in [4.69, 9.17) is 9.47 Å². The summed E-state index contributed by atoms with van der Waals surface area (Å²) >= 11 is 0. The summed E-state index contributed by atoms with van der Waals surface area (Å²) in [5, 5.41) is 0. The molecular formula is C21H18F2N2O5. The number of ether oxygens (including phenoxy) is 3. The summed E-state index contributed by atoms with van der Waals surface area (Å²) in [5.41, 5.74) is 1.93. The standard InChI is InChI=1S/C21H18F2N2O5/c1-13-3-7-18-24-15(10-19(26)25(18)11-13)12-29-20(27)8-5-14-4-6-16(30-21(22)23)17(9-14)28-2/h3-11,21H,12H2,1-2H3/b8-5+. The molecule has 9 heteroatoms. The lowest BCUT2D eigenvalue weighted by Crippen LogP contribution is -2.16. The molecule has 0 spiro atoms. The number of alkyl halides is 2. The Bertz CT molecular complexity index is 1160. The van der Waals surface area contributed by atoms with Gasteiger partial charge in [-0.3, -0.25) is 9.20 Å². The van der Waals surface area contributed by atoms with Crippen LogP contribution in [0.1, 0.15) is 16.8 Å². The Morgan fingerprint density at radius 1 is 1.20 bits per heavy atom. The van der Waals surface area contributed by atoms with E-state index < -0.39 is 12.6 Å². The summed E-state index contributed by atoms with van der Waals surface area (Å²) in [6.07, 6.45) is 4.28. The van der Waals surface area contributed by atoms with Crippen LogP contribution in [0, 0.1) is 6.92 Å². The van der Waals surface area contributed by atoms with Crippen LogP contribution in [0.4, 0.5) is 8.78 Å². The summed E-state index contributed by atoms with van der Waals surface area (Å²) in [7, 11) is 1.32. The quantitative estimate of drug-likeness (QED) is 0.434.